The fourth-order valence-electron chi connectivity index (χ4n) is 1.85. The Hall–Kier alpha value is -1.97. The molecule has 2 aromatic carbocycles. The van der Waals surface area contributed by atoms with Crippen LogP contribution in [-0.2, 0) is 4.79 Å². The number of hydrogen-bond donors (Lipinski definition) is 1. The Balaban J connectivity index is 2.10. The highest BCUT2D eigenvalue weighted by Gasteiger charge is 2.06. The molecule has 0 saturated heterocycles. The zero-order chi connectivity index (χ0) is 15.9. The van der Waals surface area contributed by atoms with Crippen LogP contribution in [0.25, 0.3) is 6.08 Å². The van der Waals surface area contributed by atoms with Gasteiger partial charge in [0.25, 0.3) is 0 Å². The predicted octanol–water partition coefficient (Wildman–Crippen LogP) is 5.04. The Labute approximate surface area is 139 Å². The summed E-state index contributed by atoms with van der Waals surface area (Å²) in [6.07, 6.45) is 3.12. The molecule has 0 spiro atoms. The van der Waals surface area contributed by atoms with E-state index in [9.17, 15) is 4.79 Å². The van der Waals surface area contributed by atoms with Crippen molar-refractivity contribution in [1.29, 1.82) is 0 Å². The van der Waals surface area contributed by atoms with Crippen molar-refractivity contribution in [3.8, 4) is 5.75 Å². The van der Waals surface area contributed by atoms with Crippen molar-refractivity contribution in [2.75, 3.05) is 11.9 Å². The van der Waals surface area contributed by atoms with Crippen LogP contribution >= 0.6 is 23.2 Å². The van der Waals surface area contributed by atoms with E-state index < -0.39 is 0 Å². The quantitative estimate of drug-likeness (QED) is 0.777. The first-order valence-electron chi connectivity index (χ1n) is 6.76. The number of carbonyl (C=O) groups excluding carboxylic acids is 1. The van der Waals surface area contributed by atoms with Gasteiger partial charge in [-0.25, -0.2) is 0 Å². The molecule has 0 aromatic heterocycles. The fourth-order valence-corrected chi connectivity index (χ4v) is 2.19. The van der Waals surface area contributed by atoms with Gasteiger partial charge in [0.05, 0.1) is 22.3 Å². The predicted molar refractivity (Wildman–Crippen MR) is 91.7 cm³/mol. The van der Waals surface area contributed by atoms with E-state index >= 15 is 0 Å². The summed E-state index contributed by atoms with van der Waals surface area (Å²) >= 11 is 11.9. The molecular weight excluding hydrogens is 321 g/mol. The smallest absolute Gasteiger partial charge is 0.248 e. The lowest BCUT2D eigenvalue weighted by Crippen LogP contribution is -2.08. The molecule has 0 radical (unpaired) electrons. The lowest BCUT2D eigenvalue weighted by atomic mass is 10.2. The minimum atomic E-state index is -0.296. The molecule has 0 bridgehead atoms. The molecule has 5 heteroatoms. The molecule has 22 heavy (non-hydrogen) atoms. The summed E-state index contributed by atoms with van der Waals surface area (Å²) in [5.74, 6) is 0.435. The summed E-state index contributed by atoms with van der Waals surface area (Å²) in [6, 6.07) is 12.6. The summed E-state index contributed by atoms with van der Waals surface area (Å²) in [5.41, 5.74) is 1.30. The van der Waals surface area contributed by atoms with Crippen LogP contribution in [-0.4, -0.2) is 12.5 Å². The molecule has 0 saturated carbocycles. The van der Waals surface area contributed by atoms with Crippen LogP contribution in [0.15, 0.2) is 48.5 Å². The maximum atomic E-state index is 12.0. The van der Waals surface area contributed by atoms with Gasteiger partial charge in [0.2, 0.25) is 5.91 Å². The van der Waals surface area contributed by atoms with Crippen LogP contribution < -0.4 is 10.1 Å². The van der Waals surface area contributed by atoms with Gasteiger partial charge in [-0.2, -0.15) is 0 Å². The van der Waals surface area contributed by atoms with Crippen LogP contribution in [0.3, 0.4) is 0 Å². The lowest BCUT2D eigenvalue weighted by Gasteiger charge is -2.07. The second kappa shape index (κ2) is 7.87. The van der Waals surface area contributed by atoms with Gasteiger partial charge in [-0.1, -0.05) is 47.5 Å². The highest BCUT2D eigenvalue weighted by molar-refractivity contribution is 6.44. The number of benzene rings is 2. The van der Waals surface area contributed by atoms with E-state index in [2.05, 4.69) is 5.32 Å². The molecule has 114 valence electrons. The molecule has 2 rings (SSSR count). The number of halogens is 2. The third-order valence-corrected chi connectivity index (χ3v) is 3.66. The molecule has 3 nitrogen and oxygen atoms in total. The SMILES string of the molecule is CCOc1ccccc1/C=C/C(=O)Nc1cccc(Cl)c1Cl. The van der Waals surface area contributed by atoms with Gasteiger partial charge in [-0.3, -0.25) is 4.79 Å². The highest BCUT2D eigenvalue weighted by Crippen LogP contribution is 2.29. The van der Waals surface area contributed by atoms with Crippen LogP contribution in [0.2, 0.25) is 10.0 Å². The van der Waals surface area contributed by atoms with E-state index in [0.29, 0.717) is 22.3 Å². The molecular formula is C17H15Cl2NO2. The first kappa shape index (κ1) is 16.4. The molecule has 1 N–H and O–H groups in total. The van der Waals surface area contributed by atoms with Crippen LogP contribution in [0.4, 0.5) is 5.69 Å². The number of para-hydroxylation sites is 1. The summed E-state index contributed by atoms with van der Waals surface area (Å²) in [7, 11) is 0. The number of anilines is 1. The molecule has 0 aliphatic rings. The van der Waals surface area contributed by atoms with Gasteiger partial charge in [0, 0.05) is 11.6 Å². The molecule has 0 heterocycles. The minimum absolute atomic E-state index is 0.296. The zero-order valence-corrected chi connectivity index (χ0v) is 13.5. The molecule has 0 fully saturated rings. The molecule has 0 unspecified atom stereocenters. The third-order valence-electron chi connectivity index (χ3n) is 2.84. The van der Waals surface area contributed by atoms with Gasteiger partial charge in [-0.15, -0.1) is 0 Å². The third kappa shape index (κ3) is 4.26. The zero-order valence-electron chi connectivity index (χ0n) is 12.0. The Kier molecular flexibility index (Phi) is 5.87. The molecule has 0 aliphatic heterocycles. The van der Waals surface area contributed by atoms with E-state index in [0.717, 1.165) is 11.3 Å². The average Bonchev–Trinajstić information content (AvgIpc) is 2.51. The Bertz CT molecular complexity index is 699. The minimum Gasteiger partial charge on any atom is -0.493 e. The van der Waals surface area contributed by atoms with E-state index in [1.165, 1.54) is 6.08 Å². The highest BCUT2D eigenvalue weighted by atomic mass is 35.5. The maximum Gasteiger partial charge on any atom is 0.248 e. The number of hydrogen-bond acceptors (Lipinski definition) is 2. The summed E-state index contributed by atoms with van der Waals surface area (Å²) in [5, 5.41) is 3.40. The molecule has 0 atom stereocenters. The summed E-state index contributed by atoms with van der Waals surface area (Å²) < 4.78 is 5.50. The van der Waals surface area contributed by atoms with Crippen molar-refractivity contribution in [2.45, 2.75) is 6.92 Å². The summed E-state index contributed by atoms with van der Waals surface area (Å²) in [6.45, 7) is 2.48. The van der Waals surface area contributed by atoms with Gasteiger partial charge in [0.1, 0.15) is 5.75 Å². The van der Waals surface area contributed by atoms with Crippen molar-refractivity contribution < 1.29 is 9.53 Å². The number of carbonyl (C=O) groups is 1. The van der Waals surface area contributed by atoms with E-state index in [-0.39, 0.29) is 5.91 Å². The van der Waals surface area contributed by atoms with Gasteiger partial charge in [0.15, 0.2) is 0 Å². The van der Waals surface area contributed by atoms with Crippen molar-refractivity contribution in [1.82, 2.24) is 0 Å². The standard InChI is InChI=1S/C17H15Cl2NO2/c1-2-22-15-9-4-3-6-12(15)10-11-16(21)20-14-8-5-7-13(18)17(14)19/h3-11H,2H2,1H3,(H,20,21)/b11-10+. The summed E-state index contributed by atoms with van der Waals surface area (Å²) in [4.78, 5) is 12.0. The second-order valence-corrected chi connectivity index (χ2v) is 5.18. The van der Waals surface area contributed by atoms with Gasteiger partial charge >= 0.3 is 0 Å². The second-order valence-electron chi connectivity index (χ2n) is 4.39. The van der Waals surface area contributed by atoms with Crippen LogP contribution in [0.1, 0.15) is 12.5 Å². The van der Waals surface area contributed by atoms with E-state index in [1.807, 2.05) is 31.2 Å². The normalized spacial score (nSPS) is 10.7. The number of ether oxygens (including phenoxy) is 1. The van der Waals surface area contributed by atoms with Crippen LogP contribution in [0, 0.1) is 0 Å². The molecule has 0 aliphatic carbocycles. The maximum absolute atomic E-state index is 12.0. The largest absolute Gasteiger partial charge is 0.493 e. The van der Waals surface area contributed by atoms with Crippen molar-refractivity contribution in [3.05, 3.63) is 64.1 Å². The van der Waals surface area contributed by atoms with Crippen molar-refractivity contribution in [2.24, 2.45) is 0 Å². The van der Waals surface area contributed by atoms with Crippen molar-refractivity contribution >= 4 is 40.9 Å². The Morgan fingerprint density at radius 3 is 2.73 bits per heavy atom. The lowest BCUT2D eigenvalue weighted by molar-refractivity contribution is -0.111. The van der Waals surface area contributed by atoms with Gasteiger partial charge in [-0.05, 0) is 31.2 Å². The van der Waals surface area contributed by atoms with E-state index in [4.69, 9.17) is 27.9 Å². The fraction of sp³-hybridized carbons (Fsp3) is 0.118. The van der Waals surface area contributed by atoms with Crippen LogP contribution in [0.5, 0.6) is 5.75 Å². The first-order chi connectivity index (χ1) is 10.6. The number of amides is 1. The van der Waals surface area contributed by atoms with Crippen molar-refractivity contribution in [3.63, 3.8) is 0 Å². The Morgan fingerprint density at radius 1 is 1.18 bits per heavy atom. The Morgan fingerprint density at radius 2 is 1.95 bits per heavy atom. The topological polar surface area (TPSA) is 38.3 Å². The first-order valence-corrected chi connectivity index (χ1v) is 7.52. The van der Waals surface area contributed by atoms with E-state index in [1.54, 1.807) is 24.3 Å². The molecule has 1 amide bonds. The monoisotopic (exact) mass is 335 g/mol. The van der Waals surface area contributed by atoms with Gasteiger partial charge < -0.3 is 10.1 Å². The average molecular weight is 336 g/mol. The number of nitrogens with one attached hydrogen (secondary N) is 1. The molecule has 2 aromatic rings. The number of rotatable bonds is 5.